The number of thioether (sulfide) groups is 1. The van der Waals surface area contributed by atoms with Gasteiger partial charge >= 0.3 is 5.97 Å². The van der Waals surface area contributed by atoms with Crippen molar-refractivity contribution in [3.05, 3.63) is 53.6 Å². The summed E-state index contributed by atoms with van der Waals surface area (Å²) < 4.78 is 4.58. The van der Waals surface area contributed by atoms with E-state index in [4.69, 9.17) is 0 Å². The van der Waals surface area contributed by atoms with Crippen LogP contribution in [0.15, 0.2) is 47.4 Å². The first-order chi connectivity index (χ1) is 11.0. The van der Waals surface area contributed by atoms with Gasteiger partial charge in [-0.15, -0.1) is 11.8 Å². The van der Waals surface area contributed by atoms with Crippen LogP contribution in [0.3, 0.4) is 0 Å². The van der Waals surface area contributed by atoms with E-state index in [9.17, 15) is 14.7 Å². The SMILES string of the molecule is COC(=O)c1cccc(NC(=O)CSc2ccccc2C)c1O. The van der Waals surface area contributed by atoms with Crippen molar-refractivity contribution in [1.29, 1.82) is 0 Å². The van der Waals surface area contributed by atoms with E-state index in [-0.39, 0.29) is 28.7 Å². The number of aromatic hydroxyl groups is 1. The van der Waals surface area contributed by atoms with Gasteiger partial charge in [0.05, 0.1) is 18.6 Å². The first kappa shape index (κ1) is 16.9. The lowest BCUT2D eigenvalue weighted by atomic mass is 10.1. The van der Waals surface area contributed by atoms with E-state index in [2.05, 4.69) is 10.1 Å². The molecule has 1 amide bonds. The third-order valence-corrected chi connectivity index (χ3v) is 4.34. The summed E-state index contributed by atoms with van der Waals surface area (Å²) in [5.41, 5.74) is 1.29. The fourth-order valence-corrected chi connectivity index (χ4v) is 2.80. The van der Waals surface area contributed by atoms with Gasteiger partial charge in [-0.2, -0.15) is 0 Å². The molecule has 0 saturated carbocycles. The minimum Gasteiger partial charge on any atom is -0.505 e. The standard InChI is InChI=1S/C17H17NO4S/c1-11-6-3-4-9-14(11)23-10-15(19)18-13-8-5-7-12(16(13)20)17(21)22-2/h3-9,20H,10H2,1-2H3,(H,18,19). The zero-order valence-corrected chi connectivity index (χ0v) is 13.6. The number of rotatable bonds is 5. The number of carbonyl (C=O) groups excluding carboxylic acids is 2. The first-order valence-electron chi connectivity index (χ1n) is 6.91. The average Bonchev–Trinajstić information content (AvgIpc) is 2.55. The van der Waals surface area contributed by atoms with E-state index in [0.717, 1.165) is 10.5 Å². The van der Waals surface area contributed by atoms with Crippen molar-refractivity contribution >= 4 is 29.3 Å². The van der Waals surface area contributed by atoms with Crippen LogP contribution < -0.4 is 5.32 Å². The van der Waals surface area contributed by atoms with Gasteiger partial charge in [-0.25, -0.2) is 4.79 Å². The van der Waals surface area contributed by atoms with Crippen molar-refractivity contribution in [2.24, 2.45) is 0 Å². The van der Waals surface area contributed by atoms with Crippen LogP contribution in [0.5, 0.6) is 5.75 Å². The number of ether oxygens (including phenoxy) is 1. The molecule has 2 aromatic rings. The molecule has 2 N–H and O–H groups in total. The number of benzene rings is 2. The van der Waals surface area contributed by atoms with Crippen LogP contribution in [-0.2, 0) is 9.53 Å². The molecule has 120 valence electrons. The molecule has 0 aliphatic rings. The summed E-state index contributed by atoms with van der Waals surface area (Å²) in [7, 11) is 1.23. The minimum absolute atomic E-state index is 0.0110. The number of aryl methyl sites for hydroxylation is 1. The summed E-state index contributed by atoms with van der Waals surface area (Å²) in [6.07, 6.45) is 0. The maximum absolute atomic E-state index is 12.0. The molecule has 0 radical (unpaired) electrons. The molecule has 5 nitrogen and oxygen atoms in total. The number of hydrogen-bond donors (Lipinski definition) is 2. The van der Waals surface area contributed by atoms with Crippen LogP contribution in [0, 0.1) is 6.92 Å². The number of amides is 1. The number of anilines is 1. The summed E-state index contributed by atoms with van der Waals surface area (Å²) >= 11 is 1.41. The highest BCUT2D eigenvalue weighted by Crippen LogP contribution is 2.28. The molecule has 2 rings (SSSR count). The molecule has 0 aromatic heterocycles. The molecular weight excluding hydrogens is 314 g/mol. The summed E-state index contributed by atoms with van der Waals surface area (Å²) in [6, 6.07) is 12.3. The highest BCUT2D eigenvalue weighted by atomic mass is 32.2. The van der Waals surface area contributed by atoms with E-state index in [1.54, 1.807) is 6.07 Å². The van der Waals surface area contributed by atoms with Gasteiger partial charge in [0.2, 0.25) is 5.91 Å². The van der Waals surface area contributed by atoms with Crippen LogP contribution in [0.1, 0.15) is 15.9 Å². The second kappa shape index (κ2) is 7.69. The van der Waals surface area contributed by atoms with Crippen molar-refractivity contribution in [1.82, 2.24) is 0 Å². The monoisotopic (exact) mass is 331 g/mol. The number of phenols is 1. The van der Waals surface area contributed by atoms with E-state index < -0.39 is 5.97 Å². The van der Waals surface area contributed by atoms with Crippen LogP contribution in [0.2, 0.25) is 0 Å². The van der Waals surface area contributed by atoms with Crippen LogP contribution in [-0.4, -0.2) is 29.8 Å². The van der Waals surface area contributed by atoms with Gasteiger partial charge in [-0.05, 0) is 30.7 Å². The van der Waals surface area contributed by atoms with E-state index in [0.29, 0.717) is 0 Å². The highest BCUT2D eigenvalue weighted by Gasteiger charge is 2.16. The van der Waals surface area contributed by atoms with Crippen molar-refractivity contribution < 1.29 is 19.4 Å². The van der Waals surface area contributed by atoms with Gasteiger partial charge in [-0.1, -0.05) is 24.3 Å². The topological polar surface area (TPSA) is 75.6 Å². The van der Waals surface area contributed by atoms with E-state index in [1.807, 2.05) is 31.2 Å². The molecule has 0 spiro atoms. The Labute approximate surface area is 138 Å². The molecule has 0 fully saturated rings. The molecule has 0 aliphatic carbocycles. The molecular formula is C17H17NO4S. The predicted octanol–water partition coefficient (Wildman–Crippen LogP) is 3.22. The Bertz CT molecular complexity index is 730. The quantitative estimate of drug-likeness (QED) is 0.500. The summed E-state index contributed by atoms with van der Waals surface area (Å²) in [5.74, 6) is -1.02. The molecule has 0 heterocycles. The zero-order chi connectivity index (χ0) is 16.8. The number of esters is 1. The van der Waals surface area contributed by atoms with Gasteiger partial charge in [0.15, 0.2) is 5.75 Å². The normalized spacial score (nSPS) is 10.2. The molecule has 0 atom stereocenters. The number of methoxy groups -OCH3 is 1. The van der Waals surface area contributed by atoms with Gasteiger partial charge in [0.1, 0.15) is 5.56 Å². The minimum atomic E-state index is -0.659. The lowest BCUT2D eigenvalue weighted by molar-refractivity contribution is -0.113. The summed E-state index contributed by atoms with van der Waals surface area (Å²) in [4.78, 5) is 24.6. The fraction of sp³-hybridized carbons (Fsp3) is 0.176. The smallest absolute Gasteiger partial charge is 0.341 e. The molecule has 23 heavy (non-hydrogen) atoms. The van der Waals surface area contributed by atoms with Crippen molar-refractivity contribution in [3.63, 3.8) is 0 Å². The zero-order valence-electron chi connectivity index (χ0n) is 12.8. The van der Waals surface area contributed by atoms with Crippen molar-refractivity contribution in [2.75, 3.05) is 18.2 Å². The third-order valence-electron chi connectivity index (χ3n) is 3.17. The van der Waals surface area contributed by atoms with Gasteiger partial charge in [-0.3, -0.25) is 4.79 Å². The maximum Gasteiger partial charge on any atom is 0.341 e. The van der Waals surface area contributed by atoms with Gasteiger partial charge < -0.3 is 15.2 Å². The summed E-state index contributed by atoms with van der Waals surface area (Å²) in [5, 5.41) is 12.6. The number of hydrogen-bond acceptors (Lipinski definition) is 5. The van der Waals surface area contributed by atoms with Crippen LogP contribution in [0.25, 0.3) is 0 Å². The van der Waals surface area contributed by atoms with E-state index in [1.165, 1.54) is 31.0 Å². The number of phenolic OH excluding ortho intramolecular Hbond substituents is 1. The second-order valence-electron chi connectivity index (χ2n) is 4.80. The van der Waals surface area contributed by atoms with Crippen molar-refractivity contribution in [3.8, 4) is 5.75 Å². The van der Waals surface area contributed by atoms with Crippen molar-refractivity contribution in [2.45, 2.75) is 11.8 Å². The second-order valence-corrected chi connectivity index (χ2v) is 5.81. The Morgan fingerprint density at radius 2 is 1.91 bits per heavy atom. The lowest BCUT2D eigenvalue weighted by Gasteiger charge is -2.10. The fourth-order valence-electron chi connectivity index (χ4n) is 1.97. The number of nitrogens with one attached hydrogen (secondary N) is 1. The van der Waals surface area contributed by atoms with Gasteiger partial charge in [0, 0.05) is 4.90 Å². The molecule has 0 unspecified atom stereocenters. The predicted molar refractivity (Wildman–Crippen MR) is 90.0 cm³/mol. The average molecular weight is 331 g/mol. The molecule has 0 aliphatic heterocycles. The Kier molecular flexibility index (Phi) is 5.65. The molecule has 0 saturated heterocycles. The molecule has 0 bridgehead atoms. The van der Waals surface area contributed by atoms with Gasteiger partial charge in [0.25, 0.3) is 0 Å². The largest absolute Gasteiger partial charge is 0.505 e. The molecule has 2 aromatic carbocycles. The Morgan fingerprint density at radius 1 is 1.17 bits per heavy atom. The van der Waals surface area contributed by atoms with E-state index >= 15 is 0 Å². The Morgan fingerprint density at radius 3 is 2.61 bits per heavy atom. The number of carbonyl (C=O) groups is 2. The third kappa shape index (κ3) is 4.26. The molecule has 6 heteroatoms. The van der Waals surface area contributed by atoms with Crippen LogP contribution in [0.4, 0.5) is 5.69 Å². The maximum atomic E-state index is 12.0. The Hall–Kier alpha value is -2.47. The van der Waals surface area contributed by atoms with Crippen LogP contribution >= 0.6 is 11.8 Å². The number of para-hydroxylation sites is 1. The lowest BCUT2D eigenvalue weighted by Crippen LogP contribution is -2.15. The first-order valence-corrected chi connectivity index (χ1v) is 7.90. The highest BCUT2D eigenvalue weighted by molar-refractivity contribution is 8.00. The summed E-state index contributed by atoms with van der Waals surface area (Å²) in [6.45, 7) is 1.98. The Balaban J connectivity index is 2.03.